The van der Waals surface area contributed by atoms with Gasteiger partial charge in [0.05, 0.1) is 0 Å². The summed E-state index contributed by atoms with van der Waals surface area (Å²) in [6.45, 7) is 6.45. The van der Waals surface area contributed by atoms with E-state index in [-0.39, 0.29) is 31.1 Å². The largest absolute Gasteiger partial charge is 0.462 e. The van der Waals surface area contributed by atoms with Gasteiger partial charge < -0.3 is 14.2 Å². The number of rotatable bonds is 56. The van der Waals surface area contributed by atoms with Gasteiger partial charge in [0.25, 0.3) is 0 Å². The summed E-state index contributed by atoms with van der Waals surface area (Å²) in [7, 11) is 0. The molecule has 428 valence electrons. The van der Waals surface area contributed by atoms with Crippen LogP contribution in [0.4, 0.5) is 0 Å². The van der Waals surface area contributed by atoms with Gasteiger partial charge in [-0.1, -0.05) is 278 Å². The highest BCUT2D eigenvalue weighted by Crippen LogP contribution is 2.16. The van der Waals surface area contributed by atoms with Crippen molar-refractivity contribution in [1.29, 1.82) is 0 Å². The van der Waals surface area contributed by atoms with Crippen LogP contribution in [-0.4, -0.2) is 37.2 Å². The molecule has 0 aliphatic carbocycles. The molecule has 0 spiro atoms. The molecule has 6 nitrogen and oxygen atoms in total. The van der Waals surface area contributed by atoms with E-state index in [4.69, 9.17) is 14.2 Å². The minimum atomic E-state index is -0.793. The Morgan fingerprint density at radius 2 is 0.547 bits per heavy atom. The predicted octanol–water partition coefficient (Wildman–Crippen LogP) is 21.4. The van der Waals surface area contributed by atoms with Crippen molar-refractivity contribution in [2.24, 2.45) is 0 Å². The van der Waals surface area contributed by atoms with E-state index in [0.29, 0.717) is 19.3 Å². The zero-order chi connectivity index (χ0) is 54.3. The molecule has 0 aromatic carbocycles. The molecule has 0 fully saturated rings. The maximum absolute atomic E-state index is 12.9. The molecular weight excluding hydrogens is 925 g/mol. The van der Waals surface area contributed by atoms with Crippen LogP contribution in [0.15, 0.2) is 109 Å². The van der Waals surface area contributed by atoms with Gasteiger partial charge in [0.1, 0.15) is 13.2 Å². The second kappa shape index (κ2) is 62.6. The molecule has 0 aliphatic heterocycles. The Morgan fingerprint density at radius 1 is 0.280 bits per heavy atom. The van der Waals surface area contributed by atoms with Crippen molar-refractivity contribution in [3.63, 3.8) is 0 Å². The molecule has 0 saturated carbocycles. The van der Waals surface area contributed by atoms with Crippen LogP contribution in [0.2, 0.25) is 0 Å². The van der Waals surface area contributed by atoms with Crippen LogP contribution in [0.5, 0.6) is 0 Å². The molecule has 1 atom stereocenters. The van der Waals surface area contributed by atoms with Crippen LogP contribution < -0.4 is 0 Å². The molecule has 0 N–H and O–H groups in total. The number of unbranched alkanes of at least 4 members (excludes halogenated alkanes) is 27. The highest BCUT2D eigenvalue weighted by molar-refractivity contribution is 5.71. The summed E-state index contributed by atoms with van der Waals surface area (Å²) in [5.41, 5.74) is 0. The lowest BCUT2D eigenvalue weighted by molar-refractivity contribution is -0.167. The first-order valence-electron chi connectivity index (χ1n) is 31.4. The van der Waals surface area contributed by atoms with E-state index in [1.54, 1.807) is 0 Å². The van der Waals surface area contributed by atoms with Gasteiger partial charge in [-0.2, -0.15) is 0 Å². The lowest BCUT2D eigenvalue weighted by atomic mass is 10.0. The topological polar surface area (TPSA) is 78.9 Å². The summed E-state index contributed by atoms with van der Waals surface area (Å²) in [6, 6.07) is 0. The van der Waals surface area contributed by atoms with Crippen LogP contribution in [0.3, 0.4) is 0 Å². The number of carbonyl (C=O) groups excluding carboxylic acids is 3. The Balaban J connectivity index is 4.37. The summed E-state index contributed by atoms with van der Waals surface area (Å²) in [5, 5.41) is 0. The molecule has 0 rings (SSSR count). The number of hydrogen-bond donors (Lipinski definition) is 0. The number of ether oxygens (including phenoxy) is 3. The first kappa shape index (κ1) is 71.1. The number of hydrogen-bond acceptors (Lipinski definition) is 6. The van der Waals surface area contributed by atoms with E-state index < -0.39 is 6.10 Å². The quantitative estimate of drug-likeness (QED) is 0.0261. The van der Waals surface area contributed by atoms with Gasteiger partial charge in [-0.25, -0.2) is 0 Å². The normalized spacial score (nSPS) is 12.8. The van der Waals surface area contributed by atoms with Crippen molar-refractivity contribution < 1.29 is 28.6 Å². The average molecular weight is 1040 g/mol. The van der Waals surface area contributed by atoms with E-state index in [1.165, 1.54) is 96.3 Å². The van der Waals surface area contributed by atoms with Crippen LogP contribution in [0.25, 0.3) is 0 Å². The van der Waals surface area contributed by atoms with Crippen molar-refractivity contribution in [3.8, 4) is 0 Å². The van der Waals surface area contributed by atoms with Crippen LogP contribution >= 0.6 is 0 Å². The van der Waals surface area contributed by atoms with Crippen molar-refractivity contribution in [3.05, 3.63) is 109 Å². The molecule has 0 aromatic rings. The van der Waals surface area contributed by atoms with Gasteiger partial charge in [-0.05, 0) is 103 Å². The van der Waals surface area contributed by atoms with E-state index in [9.17, 15) is 14.4 Å². The van der Waals surface area contributed by atoms with Gasteiger partial charge in [-0.3, -0.25) is 14.4 Å². The van der Waals surface area contributed by atoms with Crippen molar-refractivity contribution >= 4 is 17.9 Å². The summed E-state index contributed by atoms with van der Waals surface area (Å²) < 4.78 is 16.9. The Bertz CT molecular complexity index is 1520. The molecule has 1 unspecified atom stereocenters. The maximum Gasteiger partial charge on any atom is 0.306 e. The fourth-order valence-corrected chi connectivity index (χ4v) is 8.58. The van der Waals surface area contributed by atoms with Gasteiger partial charge in [0, 0.05) is 19.3 Å². The number of allylic oxidation sites excluding steroid dienone is 18. The van der Waals surface area contributed by atoms with E-state index in [1.807, 2.05) is 0 Å². The summed E-state index contributed by atoms with van der Waals surface area (Å²) in [6.07, 6.45) is 85.2. The molecule has 0 saturated heterocycles. The molecule has 0 aliphatic rings. The van der Waals surface area contributed by atoms with Gasteiger partial charge in [-0.15, -0.1) is 0 Å². The van der Waals surface area contributed by atoms with Gasteiger partial charge >= 0.3 is 17.9 Å². The monoisotopic (exact) mass is 1040 g/mol. The molecular formula is C69H116O6. The first-order chi connectivity index (χ1) is 37.0. The van der Waals surface area contributed by atoms with Crippen molar-refractivity contribution in [2.75, 3.05) is 13.2 Å². The van der Waals surface area contributed by atoms with Crippen LogP contribution in [-0.2, 0) is 28.6 Å². The minimum absolute atomic E-state index is 0.0906. The second-order valence-corrected chi connectivity index (χ2v) is 20.6. The fourth-order valence-electron chi connectivity index (χ4n) is 8.58. The Hall–Kier alpha value is -3.93. The zero-order valence-corrected chi connectivity index (χ0v) is 49.0. The number of esters is 3. The van der Waals surface area contributed by atoms with Crippen molar-refractivity contribution in [2.45, 2.75) is 297 Å². The van der Waals surface area contributed by atoms with Gasteiger partial charge in [0.15, 0.2) is 6.10 Å². The highest BCUT2D eigenvalue weighted by Gasteiger charge is 2.19. The summed E-state index contributed by atoms with van der Waals surface area (Å²) in [5.74, 6) is -0.915. The van der Waals surface area contributed by atoms with E-state index in [0.717, 1.165) is 154 Å². The molecule has 75 heavy (non-hydrogen) atoms. The van der Waals surface area contributed by atoms with E-state index >= 15 is 0 Å². The molecule has 0 heterocycles. The second-order valence-electron chi connectivity index (χ2n) is 20.6. The third-order valence-corrected chi connectivity index (χ3v) is 13.2. The van der Waals surface area contributed by atoms with E-state index in [2.05, 4.69) is 130 Å². The van der Waals surface area contributed by atoms with Crippen LogP contribution in [0, 0.1) is 0 Å². The summed E-state index contributed by atoms with van der Waals surface area (Å²) in [4.78, 5) is 38.3. The lowest BCUT2D eigenvalue weighted by Gasteiger charge is -2.18. The SMILES string of the molecule is CC/C=C\C/C=C\C/C=C\C/C=C\C/C=C\C/C=C\C/C=C\CCCCCCCC(=O)OCC(COC(=O)CCCCCCC/C=C\C/C=C\CCC)OC(=O)CCCCCCCCCCCCCCCCCCC. The molecule has 0 aromatic heterocycles. The molecule has 0 amide bonds. The third-order valence-electron chi connectivity index (χ3n) is 13.2. The van der Waals surface area contributed by atoms with Gasteiger partial charge in [0.2, 0.25) is 0 Å². The molecule has 0 bridgehead atoms. The fraction of sp³-hybridized carbons (Fsp3) is 0.696. The Morgan fingerprint density at radius 3 is 0.867 bits per heavy atom. The average Bonchev–Trinajstić information content (AvgIpc) is 3.41. The van der Waals surface area contributed by atoms with Crippen molar-refractivity contribution in [1.82, 2.24) is 0 Å². The molecule has 6 heteroatoms. The summed E-state index contributed by atoms with van der Waals surface area (Å²) >= 11 is 0. The minimum Gasteiger partial charge on any atom is -0.462 e. The highest BCUT2D eigenvalue weighted by atomic mass is 16.6. The first-order valence-corrected chi connectivity index (χ1v) is 31.4. The Kier molecular flexibility index (Phi) is 59.3. The predicted molar refractivity (Wildman–Crippen MR) is 325 cm³/mol. The number of carbonyl (C=O) groups is 3. The molecule has 0 radical (unpaired) electrons. The lowest BCUT2D eigenvalue weighted by Crippen LogP contribution is -2.30. The zero-order valence-electron chi connectivity index (χ0n) is 49.0. The standard InChI is InChI=1S/C69H116O6/c1-4-7-10-13-16-19-22-25-27-29-30-31-32-33-34-35-36-37-38-40-41-44-47-50-53-56-59-62-68(71)74-65-66(64-73-67(70)61-58-55-52-49-46-43-24-21-18-15-12-9-6-3)75-69(72)63-60-57-54-51-48-45-42-39-28-26-23-20-17-14-11-8-5-2/h7,10,12,15-16,19,21,24-25,27,30-31,33-34,36-37,40-41,66H,4-6,8-9,11,13-14,17-18,20,22-23,26,28-29,32,35,38-39,42-65H2,1-3H3/b10-7-,15-12-,19-16-,24-21-,27-25-,31-30-,34-33-,37-36-,41-40-. The van der Waals surface area contributed by atoms with Crippen LogP contribution in [0.1, 0.15) is 290 Å². The third kappa shape index (κ3) is 60.8. The Labute approximate surface area is 463 Å². The maximum atomic E-state index is 12.9. The smallest absolute Gasteiger partial charge is 0.306 e.